The Morgan fingerprint density at radius 1 is 1.50 bits per heavy atom. The molecular weight excluding hydrogens is 292 g/mol. The lowest BCUT2D eigenvalue weighted by Gasteiger charge is -2.30. The number of halogens is 1. The molecule has 0 aromatic heterocycles. The molecule has 1 aliphatic heterocycles. The van der Waals surface area contributed by atoms with Crippen LogP contribution in [0.4, 0.5) is 0 Å². The van der Waals surface area contributed by atoms with Gasteiger partial charge in [0.2, 0.25) is 5.91 Å². The largest absolute Gasteiger partial charge is 0.344 e. The van der Waals surface area contributed by atoms with E-state index in [4.69, 9.17) is 0 Å². The van der Waals surface area contributed by atoms with Crippen molar-refractivity contribution in [1.82, 2.24) is 10.2 Å². The molecule has 1 aromatic carbocycles. The molecule has 18 heavy (non-hydrogen) atoms. The number of nitrogens with zero attached hydrogens (tertiary/aromatic N) is 1. The maximum absolute atomic E-state index is 11.4. The Labute approximate surface area is 117 Å². The Balaban J connectivity index is 1.88. The van der Waals surface area contributed by atoms with Gasteiger partial charge in [0.25, 0.3) is 0 Å². The number of amides is 1. The molecule has 3 nitrogen and oxygen atoms in total. The molecule has 0 spiro atoms. The first-order valence-corrected chi connectivity index (χ1v) is 7.08. The van der Waals surface area contributed by atoms with Gasteiger partial charge in [0.05, 0.1) is 0 Å². The molecule has 0 aliphatic carbocycles. The van der Waals surface area contributed by atoms with E-state index in [0.717, 1.165) is 24.0 Å². The molecule has 1 aromatic rings. The van der Waals surface area contributed by atoms with Crippen LogP contribution in [0.15, 0.2) is 22.7 Å². The summed E-state index contributed by atoms with van der Waals surface area (Å²) in [5.74, 6) is 0.257. The summed E-state index contributed by atoms with van der Waals surface area (Å²) in [5, 5.41) is 3.53. The van der Waals surface area contributed by atoms with E-state index in [9.17, 15) is 4.79 Å². The van der Waals surface area contributed by atoms with Crippen LogP contribution in [0.3, 0.4) is 0 Å². The Morgan fingerprint density at radius 3 is 2.94 bits per heavy atom. The second kappa shape index (κ2) is 5.85. The predicted molar refractivity (Wildman–Crippen MR) is 76.4 cm³/mol. The van der Waals surface area contributed by atoms with Gasteiger partial charge in [-0.1, -0.05) is 28.1 Å². The van der Waals surface area contributed by atoms with Crippen LogP contribution in [-0.2, 0) is 11.3 Å². The Morgan fingerprint density at radius 2 is 2.28 bits per heavy atom. The van der Waals surface area contributed by atoms with E-state index in [-0.39, 0.29) is 5.91 Å². The van der Waals surface area contributed by atoms with Gasteiger partial charge in [-0.2, -0.15) is 0 Å². The van der Waals surface area contributed by atoms with Gasteiger partial charge in [0.15, 0.2) is 0 Å². The average Bonchev–Trinajstić information content (AvgIpc) is 2.35. The van der Waals surface area contributed by atoms with Crippen molar-refractivity contribution in [2.75, 3.05) is 13.6 Å². The normalized spacial score (nSPS) is 20.3. The summed E-state index contributed by atoms with van der Waals surface area (Å²) < 4.78 is 1.15. The second-order valence-corrected chi connectivity index (χ2v) is 5.83. The zero-order valence-corrected chi connectivity index (χ0v) is 12.5. The van der Waals surface area contributed by atoms with Crippen LogP contribution < -0.4 is 5.32 Å². The van der Waals surface area contributed by atoms with Gasteiger partial charge >= 0.3 is 0 Å². The van der Waals surface area contributed by atoms with E-state index in [0.29, 0.717) is 12.5 Å². The van der Waals surface area contributed by atoms with Crippen LogP contribution in [-0.4, -0.2) is 30.4 Å². The molecule has 1 aliphatic rings. The van der Waals surface area contributed by atoms with E-state index < -0.39 is 0 Å². The second-order valence-electron chi connectivity index (χ2n) is 4.97. The molecule has 4 heteroatoms. The van der Waals surface area contributed by atoms with Crippen molar-refractivity contribution >= 4 is 21.8 Å². The number of likely N-dealkylation sites (N-methyl/N-ethyl adjacent to an activating group) is 1. The number of carbonyl (C=O) groups excluding carboxylic acids is 1. The molecule has 2 rings (SSSR count). The summed E-state index contributed by atoms with van der Waals surface area (Å²) in [6, 6.07) is 6.82. The van der Waals surface area contributed by atoms with E-state index in [2.05, 4.69) is 46.4 Å². The molecule has 1 saturated heterocycles. The first kappa shape index (κ1) is 13.6. The summed E-state index contributed by atoms with van der Waals surface area (Å²) >= 11 is 3.51. The number of carbonyl (C=O) groups is 1. The lowest BCUT2D eigenvalue weighted by Crippen LogP contribution is -2.46. The van der Waals surface area contributed by atoms with Gasteiger partial charge in [-0.05, 0) is 30.5 Å². The molecule has 0 bridgehead atoms. The summed E-state index contributed by atoms with van der Waals surface area (Å²) in [7, 11) is 1.87. The number of piperidine rings is 1. The zero-order chi connectivity index (χ0) is 13.1. The fourth-order valence-corrected chi connectivity index (χ4v) is 2.50. The van der Waals surface area contributed by atoms with Crippen molar-refractivity contribution in [1.29, 1.82) is 0 Å². The number of aryl methyl sites for hydroxylation is 1. The third-order valence-corrected chi connectivity index (χ3v) is 4.33. The van der Waals surface area contributed by atoms with Crippen LogP contribution in [0.25, 0.3) is 0 Å². The van der Waals surface area contributed by atoms with Crippen LogP contribution in [0.1, 0.15) is 24.0 Å². The van der Waals surface area contributed by atoms with Crippen molar-refractivity contribution in [3.05, 3.63) is 33.8 Å². The van der Waals surface area contributed by atoms with Crippen molar-refractivity contribution in [3.8, 4) is 0 Å². The smallest absolute Gasteiger partial charge is 0.222 e. The molecule has 1 amide bonds. The van der Waals surface area contributed by atoms with Gasteiger partial charge in [-0.3, -0.25) is 4.79 Å². The Bertz CT molecular complexity index is 447. The molecule has 98 valence electrons. The minimum atomic E-state index is 0.257. The quantitative estimate of drug-likeness (QED) is 0.930. The Kier molecular flexibility index (Phi) is 4.40. The summed E-state index contributed by atoms with van der Waals surface area (Å²) in [6.07, 6.45) is 1.60. The lowest BCUT2D eigenvalue weighted by atomic mass is 10.0. The van der Waals surface area contributed by atoms with Crippen molar-refractivity contribution in [2.24, 2.45) is 0 Å². The lowest BCUT2D eigenvalue weighted by molar-refractivity contribution is -0.132. The third-order valence-electron chi connectivity index (χ3n) is 3.44. The van der Waals surface area contributed by atoms with E-state index in [1.165, 1.54) is 11.1 Å². The minimum Gasteiger partial charge on any atom is -0.344 e. The zero-order valence-electron chi connectivity index (χ0n) is 10.9. The summed E-state index contributed by atoms with van der Waals surface area (Å²) in [5.41, 5.74) is 2.54. The molecule has 1 fully saturated rings. The summed E-state index contributed by atoms with van der Waals surface area (Å²) in [4.78, 5) is 13.2. The molecule has 0 unspecified atom stereocenters. The number of rotatable bonds is 3. The number of hydrogen-bond acceptors (Lipinski definition) is 2. The highest BCUT2D eigenvalue weighted by atomic mass is 79.9. The topological polar surface area (TPSA) is 32.3 Å². The number of hydrogen-bond donors (Lipinski definition) is 1. The van der Waals surface area contributed by atoms with Crippen LogP contribution in [0.2, 0.25) is 0 Å². The molecule has 0 radical (unpaired) electrons. The van der Waals surface area contributed by atoms with Crippen LogP contribution >= 0.6 is 15.9 Å². The predicted octanol–water partition coefficient (Wildman–Crippen LogP) is 2.47. The van der Waals surface area contributed by atoms with E-state index in [1.54, 1.807) is 0 Å². The number of benzene rings is 1. The van der Waals surface area contributed by atoms with E-state index in [1.807, 2.05) is 11.9 Å². The molecule has 1 atom stereocenters. The van der Waals surface area contributed by atoms with Crippen molar-refractivity contribution in [3.63, 3.8) is 0 Å². The van der Waals surface area contributed by atoms with Crippen molar-refractivity contribution in [2.45, 2.75) is 32.4 Å². The van der Waals surface area contributed by atoms with Gasteiger partial charge in [0.1, 0.15) is 0 Å². The highest BCUT2D eigenvalue weighted by Crippen LogP contribution is 2.17. The first-order valence-electron chi connectivity index (χ1n) is 6.28. The summed E-state index contributed by atoms with van der Waals surface area (Å²) in [6.45, 7) is 3.77. The van der Waals surface area contributed by atoms with Gasteiger partial charge in [-0.25, -0.2) is 0 Å². The van der Waals surface area contributed by atoms with Crippen molar-refractivity contribution < 1.29 is 4.79 Å². The molecule has 0 saturated carbocycles. The fourth-order valence-electron chi connectivity index (χ4n) is 2.26. The third kappa shape index (κ3) is 3.33. The Hall–Kier alpha value is -0.870. The highest BCUT2D eigenvalue weighted by Gasteiger charge is 2.22. The number of nitrogens with one attached hydrogen (secondary N) is 1. The van der Waals surface area contributed by atoms with Gasteiger partial charge < -0.3 is 10.2 Å². The fraction of sp³-hybridized carbons (Fsp3) is 0.500. The number of likely N-dealkylation sites (tertiary alicyclic amines) is 1. The highest BCUT2D eigenvalue weighted by molar-refractivity contribution is 9.10. The van der Waals surface area contributed by atoms with E-state index >= 15 is 0 Å². The maximum atomic E-state index is 11.4. The van der Waals surface area contributed by atoms with Crippen LogP contribution in [0.5, 0.6) is 0 Å². The first-order chi connectivity index (χ1) is 8.56. The monoisotopic (exact) mass is 310 g/mol. The average molecular weight is 311 g/mol. The molecular formula is C14H19BrN2O. The van der Waals surface area contributed by atoms with Gasteiger partial charge in [0, 0.05) is 37.1 Å². The molecule has 1 N–H and O–H groups in total. The van der Waals surface area contributed by atoms with Crippen LogP contribution in [0, 0.1) is 6.92 Å². The minimum absolute atomic E-state index is 0.257. The molecule has 1 heterocycles. The van der Waals surface area contributed by atoms with Gasteiger partial charge in [-0.15, -0.1) is 0 Å². The SMILES string of the molecule is Cc1cc(CN[C@H]2CCC(=O)N(C)C2)ccc1Br. The maximum Gasteiger partial charge on any atom is 0.222 e. The standard InChI is InChI=1S/C14H19BrN2O/c1-10-7-11(3-5-13(10)15)8-16-12-4-6-14(18)17(2)9-12/h3,5,7,12,16H,4,6,8-9H2,1-2H3/t12-/m0/s1.